The highest BCUT2D eigenvalue weighted by molar-refractivity contribution is 7.92. The van der Waals surface area contributed by atoms with Crippen LogP contribution in [-0.4, -0.2) is 50.0 Å². The first kappa shape index (κ1) is 26.7. The summed E-state index contributed by atoms with van der Waals surface area (Å²) in [4.78, 5) is 28.3. The van der Waals surface area contributed by atoms with E-state index in [1.54, 1.807) is 0 Å². The first-order valence-electron chi connectivity index (χ1n) is 12.0. The summed E-state index contributed by atoms with van der Waals surface area (Å²) in [5.74, 6) is -1.38. The van der Waals surface area contributed by atoms with Crippen molar-refractivity contribution in [2.45, 2.75) is 64.6 Å². The van der Waals surface area contributed by atoms with E-state index < -0.39 is 34.3 Å². The topological polar surface area (TPSA) is 86.8 Å². The van der Waals surface area contributed by atoms with Gasteiger partial charge in [-0.2, -0.15) is 0 Å². The van der Waals surface area contributed by atoms with Gasteiger partial charge in [0.25, 0.3) is 0 Å². The van der Waals surface area contributed by atoms with Gasteiger partial charge in [0, 0.05) is 12.6 Å². The third-order valence-corrected chi connectivity index (χ3v) is 7.48. The molecule has 0 heterocycles. The Kier molecular flexibility index (Phi) is 8.88. The Morgan fingerprint density at radius 2 is 1.77 bits per heavy atom. The van der Waals surface area contributed by atoms with Crippen LogP contribution in [-0.2, 0) is 26.2 Å². The van der Waals surface area contributed by atoms with Crippen molar-refractivity contribution >= 4 is 27.5 Å². The van der Waals surface area contributed by atoms with Crippen LogP contribution in [0.5, 0.6) is 0 Å². The number of carbonyl (C=O) groups is 2. The molecule has 2 aromatic rings. The average Bonchev–Trinajstić information content (AvgIpc) is 3.30. The predicted molar refractivity (Wildman–Crippen MR) is 135 cm³/mol. The van der Waals surface area contributed by atoms with Crippen LogP contribution in [0, 0.1) is 12.7 Å². The van der Waals surface area contributed by atoms with E-state index in [1.807, 2.05) is 38.1 Å². The fourth-order valence-electron chi connectivity index (χ4n) is 4.42. The minimum atomic E-state index is -3.89. The van der Waals surface area contributed by atoms with E-state index in [1.165, 1.54) is 23.1 Å². The molecule has 3 rings (SSSR count). The van der Waals surface area contributed by atoms with E-state index in [0.717, 1.165) is 53.4 Å². The van der Waals surface area contributed by atoms with Crippen molar-refractivity contribution in [1.82, 2.24) is 10.2 Å². The molecular formula is C26H34FN3O4S. The lowest BCUT2D eigenvalue weighted by molar-refractivity contribution is -0.140. The maximum atomic E-state index is 13.8. The predicted octanol–water partition coefficient (Wildman–Crippen LogP) is 3.77. The van der Waals surface area contributed by atoms with Crippen LogP contribution in [0.4, 0.5) is 10.1 Å². The van der Waals surface area contributed by atoms with E-state index in [4.69, 9.17) is 0 Å². The zero-order chi connectivity index (χ0) is 25.6. The number of aryl methyl sites for hydroxylation is 1. The molecular weight excluding hydrogens is 469 g/mol. The molecule has 7 nitrogen and oxygen atoms in total. The molecule has 2 aromatic carbocycles. The van der Waals surface area contributed by atoms with Gasteiger partial charge in [-0.3, -0.25) is 13.9 Å². The molecule has 0 bridgehead atoms. The quantitative estimate of drug-likeness (QED) is 0.535. The van der Waals surface area contributed by atoms with Crippen molar-refractivity contribution in [1.29, 1.82) is 0 Å². The Hall–Kier alpha value is -2.94. The molecule has 1 fully saturated rings. The second-order valence-corrected chi connectivity index (χ2v) is 11.1. The number of hydrogen-bond donors (Lipinski definition) is 1. The van der Waals surface area contributed by atoms with E-state index >= 15 is 0 Å². The summed E-state index contributed by atoms with van der Waals surface area (Å²) in [7, 11) is -3.89. The first-order chi connectivity index (χ1) is 16.6. The number of anilines is 1. The Morgan fingerprint density at radius 3 is 2.34 bits per heavy atom. The van der Waals surface area contributed by atoms with Crippen LogP contribution < -0.4 is 9.62 Å². The Labute approximate surface area is 207 Å². The van der Waals surface area contributed by atoms with E-state index in [9.17, 15) is 22.4 Å². The molecule has 2 amide bonds. The Bertz CT molecular complexity index is 1130. The molecule has 0 spiro atoms. The van der Waals surface area contributed by atoms with Crippen LogP contribution in [0.3, 0.4) is 0 Å². The van der Waals surface area contributed by atoms with Crippen LogP contribution in [0.15, 0.2) is 48.5 Å². The fraction of sp³-hybridized carbons (Fsp3) is 0.462. The SMILES string of the molecule is CCC(C(=O)NC1CCCC1)N(Cc1ccc(C)cc1)C(=O)CN(c1cccc(F)c1)S(C)(=O)=O. The number of halogens is 1. The largest absolute Gasteiger partial charge is 0.352 e. The smallest absolute Gasteiger partial charge is 0.244 e. The van der Waals surface area contributed by atoms with Gasteiger partial charge in [0.15, 0.2) is 0 Å². The normalized spacial score (nSPS) is 15.0. The number of amides is 2. The van der Waals surface area contributed by atoms with Gasteiger partial charge < -0.3 is 10.2 Å². The lowest BCUT2D eigenvalue weighted by Gasteiger charge is -2.33. The third kappa shape index (κ3) is 7.27. The molecule has 1 unspecified atom stereocenters. The molecule has 1 saturated carbocycles. The van der Waals surface area contributed by atoms with E-state index in [0.29, 0.717) is 6.42 Å². The molecule has 1 aliphatic rings. The standard InChI is InChI=1S/C26H34FN3O4S/c1-4-24(26(32)28-22-9-5-6-10-22)29(17-20-14-12-19(2)13-15-20)25(31)18-30(35(3,33)34)23-11-7-8-21(27)16-23/h7-8,11-16,22,24H,4-6,9-10,17-18H2,1-3H3,(H,28,32). The number of carbonyl (C=O) groups excluding carboxylic acids is 2. The second-order valence-electron chi connectivity index (χ2n) is 9.17. The summed E-state index contributed by atoms with van der Waals surface area (Å²) in [6, 6.07) is 12.0. The molecule has 0 aromatic heterocycles. The number of benzene rings is 2. The van der Waals surface area contributed by atoms with Crippen LogP contribution >= 0.6 is 0 Å². The van der Waals surface area contributed by atoms with Crippen molar-refractivity contribution in [3.8, 4) is 0 Å². The molecule has 1 N–H and O–H groups in total. The van der Waals surface area contributed by atoms with Gasteiger partial charge in [0.1, 0.15) is 18.4 Å². The van der Waals surface area contributed by atoms with E-state index in [2.05, 4.69) is 5.32 Å². The van der Waals surface area contributed by atoms with Crippen LogP contribution in [0.25, 0.3) is 0 Å². The highest BCUT2D eigenvalue weighted by atomic mass is 32.2. The number of nitrogens with one attached hydrogen (secondary N) is 1. The summed E-state index contributed by atoms with van der Waals surface area (Å²) in [6.45, 7) is 3.40. The van der Waals surface area contributed by atoms with Gasteiger partial charge in [0.05, 0.1) is 11.9 Å². The summed E-state index contributed by atoms with van der Waals surface area (Å²) in [6.07, 6.45) is 5.29. The van der Waals surface area contributed by atoms with Crippen LogP contribution in [0.2, 0.25) is 0 Å². The van der Waals surface area contributed by atoms with Gasteiger partial charge in [0.2, 0.25) is 21.8 Å². The first-order valence-corrected chi connectivity index (χ1v) is 13.8. The fourth-order valence-corrected chi connectivity index (χ4v) is 5.26. The molecule has 0 aliphatic heterocycles. The monoisotopic (exact) mass is 503 g/mol. The Balaban J connectivity index is 1.91. The minimum absolute atomic E-state index is 0.0552. The van der Waals surface area contributed by atoms with Gasteiger partial charge in [-0.1, -0.05) is 55.7 Å². The molecule has 9 heteroatoms. The molecule has 190 valence electrons. The lowest BCUT2D eigenvalue weighted by Crippen LogP contribution is -2.53. The number of hydrogen-bond acceptors (Lipinski definition) is 4. The summed E-state index contributed by atoms with van der Waals surface area (Å²) in [5, 5.41) is 3.07. The minimum Gasteiger partial charge on any atom is -0.352 e. The van der Waals surface area contributed by atoms with Crippen molar-refractivity contribution < 1.29 is 22.4 Å². The highest BCUT2D eigenvalue weighted by Gasteiger charge is 2.33. The molecule has 1 aliphatic carbocycles. The number of nitrogens with zero attached hydrogens (tertiary/aromatic N) is 2. The summed E-state index contributed by atoms with van der Waals surface area (Å²) >= 11 is 0. The van der Waals surface area contributed by atoms with Gasteiger partial charge in [-0.05, 0) is 49.9 Å². The molecule has 0 saturated heterocycles. The van der Waals surface area contributed by atoms with Crippen molar-refractivity contribution in [2.24, 2.45) is 0 Å². The summed E-state index contributed by atoms with van der Waals surface area (Å²) < 4.78 is 39.8. The zero-order valence-corrected chi connectivity index (χ0v) is 21.4. The lowest BCUT2D eigenvalue weighted by atomic mass is 10.1. The van der Waals surface area contributed by atoms with Gasteiger partial charge in [-0.25, -0.2) is 12.8 Å². The van der Waals surface area contributed by atoms with Crippen molar-refractivity contribution in [3.05, 3.63) is 65.5 Å². The molecule has 0 radical (unpaired) electrons. The van der Waals surface area contributed by atoms with E-state index in [-0.39, 0.29) is 24.2 Å². The highest BCUT2D eigenvalue weighted by Crippen LogP contribution is 2.22. The van der Waals surface area contributed by atoms with Crippen molar-refractivity contribution in [2.75, 3.05) is 17.1 Å². The van der Waals surface area contributed by atoms with Crippen LogP contribution in [0.1, 0.15) is 50.2 Å². The maximum Gasteiger partial charge on any atom is 0.244 e. The molecule has 1 atom stereocenters. The second kappa shape index (κ2) is 11.7. The molecule has 35 heavy (non-hydrogen) atoms. The number of sulfonamides is 1. The Morgan fingerprint density at radius 1 is 1.11 bits per heavy atom. The third-order valence-electron chi connectivity index (χ3n) is 6.34. The van der Waals surface area contributed by atoms with Gasteiger partial charge >= 0.3 is 0 Å². The average molecular weight is 504 g/mol. The summed E-state index contributed by atoms with van der Waals surface area (Å²) in [5.41, 5.74) is 1.94. The number of rotatable bonds is 10. The van der Waals surface area contributed by atoms with Gasteiger partial charge in [-0.15, -0.1) is 0 Å². The van der Waals surface area contributed by atoms with Crippen molar-refractivity contribution in [3.63, 3.8) is 0 Å². The maximum absolute atomic E-state index is 13.8. The zero-order valence-electron chi connectivity index (χ0n) is 20.5.